The van der Waals surface area contributed by atoms with Crippen molar-refractivity contribution in [3.63, 3.8) is 0 Å². The van der Waals surface area contributed by atoms with Crippen molar-refractivity contribution in [3.05, 3.63) is 60.6 Å². The summed E-state index contributed by atoms with van der Waals surface area (Å²) in [5.74, 6) is 0.567. The Balaban J connectivity index is 1.90. The highest BCUT2D eigenvalue weighted by Gasteiger charge is 2.05. The van der Waals surface area contributed by atoms with Gasteiger partial charge in [-0.3, -0.25) is 4.98 Å². The topological polar surface area (TPSA) is 62.7 Å². The zero-order valence-electron chi connectivity index (χ0n) is 12.5. The summed E-state index contributed by atoms with van der Waals surface area (Å²) in [6.45, 7) is 2.05. The van der Waals surface area contributed by atoms with E-state index in [4.69, 9.17) is 0 Å². The standard InChI is InChI=1S/C17H17N5/c1-12-5-6-14(18-2)10-16(12)22-17-20-9-7-15(21-17)13-4-3-8-19-11-13/h3-11,18H,1-2H3,(H,20,21,22). The van der Waals surface area contributed by atoms with Gasteiger partial charge in [-0.25, -0.2) is 9.97 Å². The number of anilines is 3. The second kappa shape index (κ2) is 6.22. The molecule has 2 aromatic heterocycles. The minimum Gasteiger partial charge on any atom is -0.388 e. The minimum absolute atomic E-state index is 0.567. The SMILES string of the molecule is CNc1ccc(C)c(Nc2nccc(-c3cccnc3)n2)c1. The predicted octanol–water partition coefficient (Wildman–Crippen LogP) is 3.63. The maximum Gasteiger partial charge on any atom is 0.227 e. The Morgan fingerprint density at radius 1 is 1.05 bits per heavy atom. The third-order valence-electron chi connectivity index (χ3n) is 3.39. The molecule has 0 saturated heterocycles. The molecule has 110 valence electrons. The summed E-state index contributed by atoms with van der Waals surface area (Å²) in [6, 6.07) is 11.9. The molecule has 3 aromatic rings. The third kappa shape index (κ3) is 3.03. The molecule has 0 fully saturated rings. The number of benzene rings is 1. The fourth-order valence-corrected chi connectivity index (χ4v) is 2.13. The van der Waals surface area contributed by atoms with Crippen LogP contribution in [0.25, 0.3) is 11.3 Å². The second-order valence-electron chi connectivity index (χ2n) is 4.91. The summed E-state index contributed by atoms with van der Waals surface area (Å²) in [6.07, 6.45) is 5.28. The van der Waals surface area contributed by atoms with E-state index in [1.807, 2.05) is 44.3 Å². The molecule has 22 heavy (non-hydrogen) atoms. The lowest BCUT2D eigenvalue weighted by atomic mass is 10.2. The summed E-state index contributed by atoms with van der Waals surface area (Å²) in [7, 11) is 1.90. The number of aryl methyl sites for hydroxylation is 1. The maximum atomic E-state index is 4.55. The van der Waals surface area contributed by atoms with E-state index in [-0.39, 0.29) is 0 Å². The first-order valence-electron chi connectivity index (χ1n) is 7.05. The minimum atomic E-state index is 0.567. The van der Waals surface area contributed by atoms with Crippen LogP contribution in [0.2, 0.25) is 0 Å². The van der Waals surface area contributed by atoms with E-state index in [1.165, 1.54) is 0 Å². The lowest BCUT2D eigenvalue weighted by Crippen LogP contribution is -2.00. The molecule has 3 rings (SSSR count). The van der Waals surface area contributed by atoms with Crippen molar-refractivity contribution in [1.29, 1.82) is 0 Å². The largest absolute Gasteiger partial charge is 0.388 e. The molecule has 2 N–H and O–H groups in total. The molecule has 0 amide bonds. The first kappa shape index (κ1) is 14.0. The Bertz CT molecular complexity index is 771. The van der Waals surface area contributed by atoms with Gasteiger partial charge in [-0.1, -0.05) is 6.07 Å². The summed E-state index contributed by atoms with van der Waals surface area (Å²) >= 11 is 0. The number of rotatable bonds is 4. The van der Waals surface area contributed by atoms with Gasteiger partial charge in [0.1, 0.15) is 0 Å². The summed E-state index contributed by atoms with van der Waals surface area (Å²) in [5, 5.41) is 6.40. The molecule has 0 unspecified atom stereocenters. The number of hydrogen-bond acceptors (Lipinski definition) is 5. The molecular formula is C17H17N5. The zero-order valence-corrected chi connectivity index (χ0v) is 12.5. The molecule has 0 spiro atoms. The number of pyridine rings is 1. The van der Waals surface area contributed by atoms with Gasteiger partial charge in [0.05, 0.1) is 5.69 Å². The van der Waals surface area contributed by atoms with Gasteiger partial charge < -0.3 is 10.6 Å². The van der Waals surface area contributed by atoms with E-state index in [1.54, 1.807) is 18.6 Å². The van der Waals surface area contributed by atoms with Gasteiger partial charge >= 0.3 is 0 Å². The number of hydrogen-bond donors (Lipinski definition) is 2. The summed E-state index contributed by atoms with van der Waals surface area (Å²) < 4.78 is 0. The lowest BCUT2D eigenvalue weighted by Gasteiger charge is -2.11. The first-order chi connectivity index (χ1) is 10.8. The Kier molecular flexibility index (Phi) is 3.96. The van der Waals surface area contributed by atoms with E-state index >= 15 is 0 Å². The molecule has 5 nitrogen and oxygen atoms in total. The molecule has 0 aliphatic heterocycles. The van der Waals surface area contributed by atoms with Gasteiger partial charge in [0.15, 0.2) is 0 Å². The summed E-state index contributed by atoms with van der Waals surface area (Å²) in [4.78, 5) is 13.0. The predicted molar refractivity (Wildman–Crippen MR) is 89.3 cm³/mol. The van der Waals surface area contributed by atoms with E-state index in [9.17, 15) is 0 Å². The van der Waals surface area contributed by atoms with E-state index in [2.05, 4.69) is 31.7 Å². The van der Waals surface area contributed by atoms with Crippen molar-refractivity contribution in [3.8, 4) is 11.3 Å². The van der Waals surface area contributed by atoms with Crippen LogP contribution in [0.1, 0.15) is 5.56 Å². The molecule has 0 saturated carbocycles. The van der Waals surface area contributed by atoms with E-state index in [0.29, 0.717) is 5.95 Å². The van der Waals surface area contributed by atoms with Gasteiger partial charge in [0.2, 0.25) is 5.95 Å². The van der Waals surface area contributed by atoms with E-state index in [0.717, 1.165) is 28.2 Å². The van der Waals surface area contributed by atoms with Crippen LogP contribution >= 0.6 is 0 Å². The van der Waals surface area contributed by atoms with Crippen molar-refractivity contribution < 1.29 is 0 Å². The van der Waals surface area contributed by atoms with Crippen molar-refractivity contribution in [1.82, 2.24) is 15.0 Å². The molecule has 0 atom stereocenters. The highest BCUT2D eigenvalue weighted by atomic mass is 15.1. The maximum absolute atomic E-state index is 4.55. The Labute approximate surface area is 129 Å². The quantitative estimate of drug-likeness (QED) is 0.768. The molecule has 0 radical (unpaired) electrons. The lowest BCUT2D eigenvalue weighted by molar-refractivity contribution is 1.16. The van der Waals surface area contributed by atoms with Crippen molar-refractivity contribution in [2.75, 3.05) is 17.7 Å². The van der Waals surface area contributed by atoms with Crippen LogP contribution in [0.5, 0.6) is 0 Å². The van der Waals surface area contributed by atoms with Gasteiger partial charge in [0, 0.05) is 42.6 Å². The average Bonchev–Trinajstić information content (AvgIpc) is 2.58. The van der Waals surface area contributed by atoms with Crippen molar-refractivity contribution >= 4 is 17.3 Å². The number of nitrogens with zero attached hydrogens (tertiary/aromatic N) is 3. The fraction of sp³-hybridized carbons (Fsp3) is 0.118. The normalized spacial score (nSPS) is 10.3. The highest BCUT2D eigenvalue weighted by molar-refractivity contribution is 5.66. The van der Waals surface area contributed by atoms with Crippen LogP contribution in [0, 0.1) is 6.92 Å². The molecule has 5 heteroatoms. The second-order valence-corrected chi connectivity index (χ2v) is 4.91. The molecule has 0 bridgehead atoms. The van der Waals surface area contributed by atoms with Gasteiger partial charge in [-0.2, -0.15) is 0 Å². The van der Waals surface area contributed by atoms with Crippen LogP contribution in [0.3, 0.4) is 0 Å². The molecule has 0 aliphatic carbocycles. The van der Waals surface area contributed by atoms with Crippen LogP contribution in [0.15, 0.2) is 55.0 Å². The molecular weight excluding hydrogens is 274 g/mol. The fourth-order valence-electron chi connectivity index (χ4n) is 2.13. The Morgan fingerprint density at radius 2 is 1.95 bits per heavy atom. The number of aromatic nitrogens is 3. The Morgan fingerprint density at radius 3 is 2.73 bits per heavy atom. The van der Waals surface area contributed by atoms with Crippen LogP contribution < -0.4 is 10.6 Å². The third-order valence-corrected chi connectivity index (χ3v) is 3.39. The monoisotopic (exact) mass is 291 g/mol. The zero-order chi connectivity index (χ0) is 15.4. The summed E-state index contributed by atoms with van der Waals surface area (Å²) in [5.41, 5.74) is 4.96. The van der Waals surface area contributed by atoms with Crippen molar-refractivity contribution in [2.45, 2.75) is 6.92 Å². The number of nitrogens with one attached hydrogen (secondary N) is 2. The molecule has 1 aromatic carbocycles. The van der Waals surface area contributed by atoms with Crippen LogP contribution in [-0.4, -0.2) is 22.0 Å². The van der Waals surface area contributed by atoms with Gasteiger partial charge in [-0.15, -0.1) is 0 Å². The van der Waals surface area contributed by atoms with Gasteiger partial charge in [-0.05, 0) is 42.8 Å². The van der Waals surface area contributed by atoms with Crippen LogP contribution in [0.4, 0.5) is 17.3 Å². The highest BCUT2D eigenvalue weighted by Crippen LogP contribution is 2.23. The smallest absolute Gasteiger partial charge is 0.227 e. The molecule has 0 aliphatic rings. The first-order valence-corrected chi connectivity index (χ1v) is 7.05. The van der Waals surface area contributed by atoms with Gasteiger partial charge in [0.25, 0.3) is 0 Å². The Hall–Kier alpha value is -2.95. The van der Waals surface area contributed by atoms with Crippen molar-refractivity contribution in [2.24, 2.45) is 0 Å². The molecule has 2 heterocycles. The van der Waals surface area contributed by atoms with E-state index < -0.39 is 0 Å². The van der Waals surface area contributed by atoms with Crippen LogP contribution in [-0.2, 0) is 0 Å². The average molecular weight is 291 g/mol.